The van der Waals surface area contributed by atoms with Crippen LogP contribution in [0.2, 0.25) is 0 Å². The van der Waals surface area contributed by atoms with Gasteiger partial charge in [-0.15, -0.1) is 0 Å². The van der Waals surface area contributed by atoms with Crippen LogP contribution in [-0.2, 0) is 9.53 Å². The number of amides is 1. The first-order chi connectivity index (χ1) is 13.0. The SMILES string of the molecule is O=C(O[C@@H](C(=O)Nc1ccc(F)cc1)c1ccccc1)c1ccc(O)cc1. The molecule has 0 heterocycles. The Morgan fingerprint density at radius 2 is 1.52 bits per heavy atom. The van der Waals surface area contributed by atoms with Crippen molar-refractivity contribution in [3.63, 3.8) is 0 Å². The molecule has 0 fully saturated rings. The van der Waals surface area contributed by atoms with E-state index in [0.717, 1.165) is 0 Å². The van der Waals surface area contributed by atoms with Crippen molar-refractivity contribution >= 4 is 17.6 Å². The first-order valence-corrected chi connectivity index (χ1v) is 8.14. The molecule has 0 aromatic heterocycles. The first-order valence-electron chi connectivity index (χ1n) is 8.14. The summed E-state index contributed by atoms with van der Waals surface area (Å²) in [4.78, 5) is 25.1. The van der Waals surface area contributed by atoms with E-state index in [4.69, 9.17) is 4.74 Å². The number of rotatable bonds is 5. The monoisotopic (exact) mass is 365 g/mol. The zero-order chi connectivity index (χ0) is 19.2. The number of halogens is 1. The zero-order valence-electron chi connectivity index (χ0n) is 14.1. The second-order valence-corrected chi connectivity index (χ2v) is 5.74. The Bertz CT molecular complexity index is 925. The van der Waals surface area contributed by atoms with Crippen LogP contribution in [0, 0.1) is 5.82 Å². The predicted octanol–water partition coefficient (Wildman–Crippen LogP) is 4.07. The molecule has 3 rings (SSSR count). The average Bonchev–Trinajstić information content (AvgIpc) is 2.69. The molecule has 0 saturated carbocycles. The largest absolute Gasteiger partial charge is 0.508 e. The van der Waals surface area contributed by atoms with Crippen molar-refractivity contribution in [2.75, 3.05) is 5.32 Å². The van der Waals surface area contributed by atoms with Gasteiger partial charge in [0.1, 0.15) is 11.6 Å². The molecule has 0 saturated heterocycles. The second kappa shape index (κ2) is 8.14. The number of phenolic OH excluding ortho intramolecular Hbond substituents is 1. The molecule has 0 aliphatic carbocycles. The van der Waals surface area contributed by atoms with E-state index >= 15 is 0 Å². The van der Waals surface area contributed by atoms with Crippen LogP contribution in [0.3, 0.4) is 0 Å². The molecule has 0 aliphatic rings. The third-order valence-electron chi connectivity index (χ3n) is 3.78. The van der Waals surface area contributed by atoms with Gasteiger partial charge in [0.05, 0.1) is 5.56 Å². The van der Waals surface area contributed by atoms with Crippen molar-refractivity contribution in [1.82, 2.24) is 0 Å². The molecule has 136 valence electrons. The summed E-state index contributed by atoms with van der Waals surface area (Å²) in [5, 5.41) is 11.9. The van der Waals surface area contributed by atoms with Crippen LogP contribution in [0.25, 0.3) is 0 Å². The maximum absolute atomic E-state index is 13.0. The lowest BCUT2D eigenvalue weighted by atomic mass is 10.1. The van der Waals surface area contributed by atoms with E-state index in [2.05, 4.69) is 5.32 Å². The van der Waals surface area contributed by atoms with E-state index in [1.165, 1.54) is 48.5 Å². The number of aromatic hydroxyl groups is 1. The summed E-state index contributed by atoms with van der Waals surface area (Å²) in [7, 11) is 0. The van der Waals surface area contributed by atoms with Gasteiger partial charge in [0.15, 0.2) is 0 Å². The topological polar surface area (TPSA) is 75.6 Å². The van der Waals surface area contributed by atoms with Crippen LogP contribution in [0.15, 0.2) is 78.9 Å². The van der Waals surface area contributed by atoms with E-state index in [-0.39, 0.29) is 11.3 Å². The van der Waals surface area contributed by atoms with E-state index < -0.39 is 23.8 Å². The van der Waals surface area contributed by atoms with Gasteiger partial charge in [0, 0.05) is 11.3 Å². The average molecular weight is 365 g/mol. The third kappa shape index (κ3) is 4.70. The Balaban J connectivity index is 1.82. The van der Waals surface area contributed by atoms with Crippen molar-refractivity contribution in [2.24, 2.45) is 0 Å². The molecule has 0 bridgehead atoms. The minimum absolute atomic E-state index is 0.0141. The molecule has 5 nitrogen and oxygen atoms in total. The lowest BCUT2D eigenvalue weighted by Crippen LogP contribution is -2.26. The summed E-state index contributed by atoms with van der Waals surface area (Å²) in [6, 6.07) is 19.3. The van der Waals surface area contributed by atoms with Gasteiger partial charge in [-0.1, -0.05) is 30.3 Å². The summed E-state index contributed by atoms with van der Waals surface area (Å²) in [5.74, 6) is -1.69. The summed E-state index contributed by atoms with van der Waals surface area (Å²) in [6.07, 6.45) is -1.20. The van der Waals surface area contributed by atoms with E-state index in [1.807, 2.05) is 0 Å². The smallest absolute Gasteiger partial charge is 0.339 e. The number of phenols is 1. The molecular formula is C21H16FNO4. The van der Waals surface area contributed by atoms with Gasteiger partial charge >= 0.3 is 5.97 Å². The fourth-order valence-corrected chi connectivity index (χ4v) is 2.41. The highest BCUT2D eigenvalue weighted by atomic mass is 19.1. The molecule has 0 unspecified atom stereocenters. The lowest BCUT2D eigenvalue weighted by molar-refractivity contribution is -0.125. The molecule has 1 atom stereocenters. The summed E-state index contributed by atoms with van der Waals surface area (Å²) >= 11 is 0. The highest BCUT2D eigenvalue weighted by Gasteiger charge is 2.25. The van der Waals surface area contributed by atoms with Gasteiger partial charge in [0.25, 0.3) is 5.91 Å². The molecule has 0 aliphatic heterocycles. The number of benzene rings is 3. The van der Waals surface area contributed by atoms with Crippen LogP contribution in [0.4, 0.5) is 10.1 Å². The molecule has 3 aromatic rings. The maximum Gasteiger partial charge on any atom is 0.339 e. The molecule has 27 heavy (non-hydrogen) atoms. The number of carbonyl (C=O) groups excluding carboxylic acids is 2. The third-order valence-corrected chi connectivity index (χ3v) is 3.78. The normalized spacial score (nSPS) is 11.4. The minimum Gasteiger partial charge on any atom is -0.508 e. The molecule has 1 amide bonds. The van der Waals surface area contributed by atoms with Crippen LogP contribution >= 0.6 is 0 Å². The Hall–Kier alpha value is -3.67. The lowest BCUT2D eigenvalue weighted by Gasteiger charge is -2.18. The molecular weight excluding hydrogens is 349 g/mol. The zero-order valence-corrected chi connectivity index (χ0v) is 14.1. The van der Waals surface area contributed by atoms with Crippen LogP contribution in [0.1, 0.15) is 22.0 Å². The predicted molar refractivity (Wildman–Crippen MR) is 97.7 cm³/mol. The second-order valence-electron chi connectivity index (χ2n) is 5.74. The Morgan fingerprint density at radius 3 is 2.15 bits per heavy atom. The van der Waals surface area contributed by atoms with E-state index in [0.29, 0.717) is 11.3 Å². The fourth-order valence-electron chi connectivity index (χ4n) is 2.41. The van der Waals surface area contributed by atoms with Crippen LogP contribution < -0.4 is 5.32 Å². The van der Waals surface area contributed by atoms with Gasteiger partial charge in [-0.3, -0.25) is 4.79 Å². The van der Waals surface area contributed by atoms with E-state index in [1.54, 1.807) is 30.3 Å². The molecule has 2 N–H and O–H groups in total. The van der Waals surface area contributed by atoms with Gasteiger partial charge in [-0.25, -0.2) is 9.18 Å². The summed E-state index contributed by atoms with van der Waals surface area (Å²) < 4.78 is 18.4. The minimum atomic E-state index is -1.20. The van der Waals surface area contributed by atoms with Crippen molar-refractivity contribution in [2.45, 2.75) is 6.10 Å². The van der Waals surface area contributed by atoms with Crippen molar-refractivity contribution in [3.8, 4) is 5.75 Å². The molecule has 3 aromatic carbocycles. The number of carbonyl (C=O) groups is 2. The number of ether oxygens (including phenoxy) is 1. The number of hydrogen-bond donors (Lipinski definition) is 2. The van der Waals surface area contributed by atoms with Crippen LogP contribution in [-0.4, -0.2) is 17.0 Å². The molecule has 0 spiro atoms. The maximum atomic E-state index is 13.0. The van der Waals surface area contributed by atoms with Gasteiger partial charge in [0.2, 0.25) is 6.10 Å². The van der Waals surface area contributed by atoms with Crippen molar-refractivity contribution in [3.05, 3.63) is 95.8 Å². The highest BCUT2D eigenvalue weighted by Crippen LogP contribution is 2.22. The number of nitrogens with one attached hydrogen (secondary N) is 1. The molecule has 6 heteroatoms. The Labute approximate surface area is 155 Å². The number of hydrogen-bond acceptors (Lipinski definition) is 4. The number of esters is 1. The van der Waals surface area contributed by atoms with Gasteiger partial charge < -0.3 is 15.2 Å². The Morgan fingerprint density at radius 1 is 0.889 bits per heavy atom. The van der Waals surface area contributed by atoms with Gasteiger partial charge in [-0.2, -0.15) is 0 Å². The quantitative estimate of drug-likeness (QED) is 0.669. The fraction of sp³-hybridized carbons (Fsp3) is 0.0476. The van der Waals surface area contributed by atoms with Crippen molar-refractivity contribution < 1.29 is 23.8 Å². The van der Waals surface area contributed by atoms with E-state index in [9.17, 15) is 19.1 Å². The number of anilines is 1. The highest BCUT2D eigenvalue weighted by molar-refractivity contribution is 5.98. The summed E-state index contributed by atoms with van der Waals surface area (Å²) in [6.45, 7) is 0. The van der Waals surface area contributed by atoms with Crippen LogP contribution in [0.5, 0.6) is 5.75 Å². The standard InChI is InChI=1S/C21H16FNO4/c22-16-8-10-17(11-9-16)23-20(25)19(14-4-2-1-3-5-14)27-21(26)15-6-12-18(24)13-7-15/h1-13,19,24H,(H,23,25)/t19-/m1/s1. The van der Waals surface area contributed by atoms with Crippen molar-refractivity contribution in [1.29, 1.82) is 0 Å². The first kappa shape index (κ1) is 18.1. The van der Waals surface area contributed by atoms with Gasteiger partial charge in [-0.05, 0) is 48.5 Å². The molecule has 0 radical (unpaired) electrons. The Kier molecular flexibility index (Phi) is 5.47. The summed E-state index contributed by atoms with van der Waals surface area (Å²) in [5.41, 5.74) is 1.07.